The van der Waals surface area contributed by atoms with Gasteiger partial charge in [-0.1, -0.05) is 25.6 Å². The number of nitrogens with two attached hydrogens (primary N) is 1. The van der Waals surface area contributed by atoms with E-state index < -0.39 is 0 Å². The van der Waals surface area contributed by atoms with Crippen molar-refractivity contribution in [1.29, 1.82) is 0 Å². The molecule has 96 valence electrons. The van der Waals surface area contributed by atoms with E-state index in [1.54, 1.807) is 17.7 Å². The van der Waals surface area contributed by atoms with Gasteiger partial charge in [-0.25, -0.2) is 9.97 Å². The van der Waals surface area contributed by atoms with Gasteiger partial charge >= 0.3 is 0 Å². The second kappa shape index (κ2) is 5.67. The van der Waals surface area contributed by atoms with Crippen LogP contribution in [0, 0.1) is 0 Å². The molecule has 0 saturated carbocycles. The Bertz CT molecular complexity index is 567. The lowest BCUT2D eigenvalue weighted by atomic mass is 10.3. The minimum Gasteiger partial charge on any atom is -0.369 e. The fraction of sp³-hybridized carbons (Fsp3) is 0.417. The summed E-state index contributed by atoms with van der Waals surface area (Å²) >= 11 is 3.11. The summed E-state index contributed by atoms with van der Waals surface area (Å²) < 4.78 is 0. The number of thioether (sulfide) groups is 1. The van der Waals surface area contributed by atoms with E-state index in [0.29, 0.717) is 6.42 Å². The van der Waals surface area contributed by atoms with Crippen molar-refractivity contribution in [2.75, 3.05) is 0 Å². The zero-order valence-electron chi connectivity index (χ0n) is 10.3. The van der Waals surface area contributed by atoms with Gasteiger partial charge in [0, 0.05) is 10.3 Å². The number of rotatable bonds is 5. The fourth-order valence-electron chi connectivity index (χ4n) is 1.63. The zero-order valence-corrected chi connectivity index (χ0v) is 12.0. The fourth-order valence-corrected chi connectivity index (χ4v) is 3.57. The standard InChI is InChI=1S/C12H15N3OS2/c1-3-7-5-8-11(17-7)14-6-15-12(8)18-9(4-2)10(13)16/h5-6,9H,3-4H2,1-2H3,(H2,13,16). The molecule has 1 amide bonds. The molecule has 1 unspecified atom stereocenters. The normalized spacial score (nSPS) is 12.8. The summed E-state index contributed by atoms with van der Waals surface area (Å²) in [6, 6.07) is 2.11. The summed E-state index contributed by atoms with van der Waals surface area (Å²) in [7, 11) is 0. The van der Waals surface area contributed by atoms with Gasteiger partial charge in [0.05, 0.1) is 5.25 Å². The maximum atomic E-state index is 11.3. The second-order valence-electron chi connectivity index (χ2n) is 3.88. The number of hydrogen-bond acceptors (Lipinski definition) is 5. The Balaban J connectivity index is 2.38. The lowest BCUT2D eigenvalue weighted by Gasteiger charge is -2.09. The Morgan fingerprint density at radius 3 is 2.89 bits per heavy atom. The maximum absolute atomic E-state index is 11.3. The Labute approximate surface area is 114 Å². The van der Waals surface area contributed by atoms with Crippen molar-refractivity contribution in [2.45, 2.75) is 37.0 Å². The Hall–Kier alpha value is -1.14. The van der Waals surface area contributed by atoms with Crippen molar-refractivity contribution in [3.8, 4) is 0 Å². The van der Waals surface area contributed by atoms with Crippen LogP contribution < -0.4 is 5.73 Å². The number of carbonyl (C=O) groups excluding carboxylic acids is 1. The molecular formula is C12H15N3OS2. The third-order valence-electron chi connectivity index (χ3n) is 2.63. The highest BCUT2D eigenvalue weighted by Crippen LogP contribution is 2.33. The molecule has 2 rings (SSSR count). The Morgan fingerprint density at radius 2 is 2.28 bits per heavy atom. The van der Waals surface area contributed by atoms with E-state index in [1.807, 2.05) is 6.92 Å². The molecule has 0 aromatic carbocycles. The third kappa shape index (κ3) is 2.64. The van der Waals surface area contributed by atoms with Crippen molar-refractivity contribution in [2.24, 2.45) is 5.73 Å². The van der Waals surface area contributed by atoms with Gasteiger partial charge in [0.1, 0.15) is 16.2 Å². The van der Waals surface area contributed by atoms with E-state index in [4.69, 9.17) is 5.73 Å². The summed E-state index contributed by atoms with van der Waals surface area (Å²) in [5.74, 6) is -0.291. The molecule has 0 fully saturated rings. The van der Waals surface area contributed by atoms with Gasteiger partial charge in [-0.05, 0) is 18.9 Å². The Kier molecular flexibility index (Phi) is 4.19. The van der Waals surface area contributed by atoms with Gasteiger partial charge < -0.3 is 5.73 Å². The average Bonchev–Trinajstić information content (AvgIpc) is 2.79. The number of fused-ring (bicyclic) bond motifs is 1. The van der Waals surface area contributed by atoms with Gasteiger partial charge in [-0.3, -0.25) is 4.79 Å². The molecule has 0 saturated heterocycles. The molecule has 0 radical (unpaired) electrons. The van der Waals surface area contributed by atoms with Crippen LogP contribution in [0.5, 0.6) is 0 Å². The van der Waals surface area contributed by atoms with Crippen LogP contribution in [0.3, 0.4) is 0 Å². The highest BCUT2D eigenvalue weighted by atomic mass is 32.2. The van der Waals surface area contributed by atoms with Crippen LogP contribution in [0.15, 0.2) is 17.4 Å². The van der Waals surface area contributed by atoms with Crippen LogP contribution in [0.1, 0.15) is 25.1 Å². The van der Waals surface area contributed by atoms with E-state index in [1.165, 1.54) is 16.6 Å². The van der Waals surface area contributed by atoms with Crippen LogP contribution in [-0.4, -0.2) is 21.1 Å². The molecule has 0 spiro atoms. The van der Waals surface area contributed by atoms with Crippen LogP contribution in [0.4, 0.5) is 0 Å². The van der Waals surface area contributed by atoms with Crippen molar-refractivity contribution < 1.29 is 4.79 Å². The number of aromatic nitrogens is 2. The van der Waals surface area contributed by atoms with Gasteiger partial charge in [0.2, 0.25) is 5.91 Å². The molecule has 2 aromatic rings. The molecule has 0 bridgehead atoms. The van der Waals surface area contributed by atoms with Crippen LogP contribution in [-0.2, 0) is 11.2 Å². The van der Waals surface area contributed by atoms with E-state index in [2.05, 4.69) is 23.0 Å². The highest BCUT2D eigenvalue weighted by Gasteiger charge is 2.18. The average molecular weight is 281 g/mol. The van der Waals surface area contributed by atoms with Gasteiger partial charge in [-0.2, -0.15) is 0 Å². The van der Waals surface area contributed by atoms with E-state index >= 15 is 0 Å². The van der Waals surface area contributed by atoms with E-state index in [9.17, 15) is 4.79 Å². The van der Waals surface area contributed by atoms with Crippen molar-refractivity contribution in [3.05, 3.63) is 17.3 Å². The van der Waals surface area contributed by atoms with Gasteiger partial charge in [0.25, 0.3) is 0 Å². The van der Waals surface area contributed by atoms with Crippen LogP contribution in [0.25, 0.3) is 10.2 Å². The molecule has 4 nitrogen and oxygen atoms in total. The first kappa shape index (κ1) is 13.3. The minimum atomic E-state index is -0.291. The van der Waals surface area contributed by atoms with Crippen LogP contribution in [0.2, 0.25) is 0 Å². The summed E-state index contributed by atoms with van der Waals surface area (Å²) in [4.78, 5) is 22.1. The molecule has 6 heteroatoms. The largest absolute Gasteiger partial charge is 0.369 e. The van der Waals surface area contributed by atoms with E-state index in [-0.39, 0.29) is 11.2 Å². The minimum absolute atomic E-state index is 0.229. The van der Waals surface area contributed by atoms with Crippen molar-refractivity contribution >= 4 is 39.2 Å². The number of thiophene rings is 1. The van der Waals surface area contributed by atoms with Crippen LogP contribution >= 0.6 is 23.1 Å². The molecular weight excluding hydrogens is 266 g/mol. The van der Waals surface area contributed by atoms with Crippen molar-refractivity contribution in [1.82, 2.24) is 9.97 Å². The molecule has 0 aliphatic rings. The monoisotopic (exact) mass is 281 g/mol. The van der Waals surface area contributed by atoms with Gasteiger partial charge in [-0.15, -0.1) is 11.3 Å². The molecule has 2 N–H and O–H groups in total. The summed E-state index contributed by atoms with van der Waals surface area (Å²) in [6.45, 7) is 4.06. The number of carbonyl (C=O) groups is 1. The Morgan fingerprint density at radius 1 is 1.50 bits per heavy atom. The molecule has 18 heavy (non-hydrogen) atoms. The third-order valence-corrected chi connectivity index (χ3v) is 5.22. The number of aryl methyl sites for hydroxylation is 1. The lowest BCUT2D eigenvalue weighted by molar-refractivity contribution is -0.117. The SMILES string of the molecule is CCc1cc2c(SC(CC)C(N)=O)ncnc2s1. The smallest absolute Gasteiger partial charge is 0.230 e. The number of nitrogens with zero attached hydrogens (tertiary/aromatic N) is 2. The first-order chi connectivity index (χ1) is 8.65. The zero-order chi connectivity index (χ0) is 13.1. The lowest BCUT2D eigenvalue weighted by Crippen LogP contribution is -2.24. The predicted octanol–water partition coefficient (Wildman–Crippen LogP) is 2.61. The predicted molar refractivity (Wildman–Crippen MR) is 75.9 cm³/mol. The number of amides is 1. The van der Waals surface area contributed by atoms with Crippen molar-refractivity contribution in [3.63, 3.8) is 0 Å². The first-order valence-electron chi connectivity index (χ1n) is 5.85. The van der Waals surface area contributed by atoms with Gasteiger partial charge in [0.15, 0.2) is 0 Å². The van der Waals surface area contributed by atoms with E-state index in [0.717, 1.165) is 21.7 Å². The highest BCUT2D eigenvalue weighted by molar-refractivity contribution is 8.00. The second-order valence-corrected chi connectivity index (χ2v) is 6.19. The molecule has 2 aromatic heterocycles. The summed E-state index contributed by atoms with van der Waals surface area (Å²) in [5, 5.41) is 1.65. The molecule has 2 heterocycles. The molecule has 0 aliphatic heterocycles. The number of primary amides is 1. The first-order valence-corrected chi connectivity index (χ1v) is 7.54. The summed E-state index contributed by atoms with van der Waals surface area (Å²) in [5.41, 5.74) is 5.37. The number of hydrogen-bond donors (Lipinski definition) is 1. The molecule has 0 aliphatic carbocycles. The molecule has 1 atom stereocenters. The maximum Gasteiger partial charge on any atom is 0.230 e. The topological polar surface area (TPSA) is 68.9 Å². The summed E-state index contributed by atoms with van der Waals surface area (Å²) in [6.07, 6.45) is 3.24. The quantitative estimate of drug-likeness (QED) is 0.675.